The van der Waals surface area contributed by atoms with Crippen molar-refractivity contribution in [2.24, 2.45) is 7.05 Å². The number of imidazole rings is 1. The highest BCUT2D eigenvalue weighted by atomic mass is 79.9. The fraction of sp³-hybridized carbons (Fsp3) is 0.276. The summed E-state index contributed by atoms with van der Waals surface area (Å²) in [5.74, 6) is -0.185. The van der Waals surface area contributed by atoms with E-state index in [9.17, 15) is 33.1 Å². The van der Waals surface area contributed by atoms with E-state index in [0.717, 1.165) is 12.1 Å². The van der Waals surface area contributed by atoms with Gasteiger partial charge in [-0.15, -0.1) is 5.10 Å². The normalized spacial score (nSPS) is 14.6. The molecular weight excluding hydrogens is 647 g/mol. The molecule has 2 aromatic carbocycles. The number of allylic oxidation sites excluding steroid dienone is 1. The summed E-state index contributed by atoms with van der Waals surface area (Å²) in [6.45, 7) is 1.73. The average molecular weight is 674 g/mol. The standard InChI is InChI=1S/C29H26F3N7O4.BrH/c1-17-24(26(41)43-3)25(22-8-7-18(15-33)13-19(22)9-10-37-12-11-36(2)23(37)16-40)39-27(34-35-28(39)42)38(17)21-6-4-5-20(14-21)29(30,31)32;/h4-8,11-14,25,40H,9-10,16H2,1-3H3;1H/t25-;/m1./s1. The van der Waals surface area contributed by atoms with Crippen molar-refractivity contribution in [2.75, 3.05) is 12.0 Å². The maximum atomic E-state index is 13.6. The molecule has 0 radical (unpaired) electrons. The zero-order valence-electron chi connectivity index (χ0n) is 23.8. The van der Waals surface area contributed by atoms with Crippen LogP contribution in [0.25, 0.3) is 0 Å². The van der Waals surface area contributed by atoms with Gasteiger partial charge in [-0.05, 0) is 48.4 Å². The predicted molar refractivity (Wildman–Crippen MR) is 146 cm³/mol. The number of hydrogen-bond acceptors (Lipinski definition) is 7. The number of carbonyl (C=O) groups excluding carboxylic acids is 1. The second kappa shape index (κ2) is 12.5. The van der Waals surface area contributed by atoms with Gasteiger partial charge in [0.15, 0.2) is 0 Å². The molecule has 1 aliphatic heterocycles. The molecule has 230 valence electrons. The highest BCUT2D eigenvalue weighted by molar-refractivity contribution is 5.93. The molecule has 2 aromatic heterocycles. The van der Waals surface area contributed by atoms with E-state index >= 15 is 0 Å². The van der Waals surface area contributed by atoms with Crippen LogP contribution in [0.3, 0.4) is 0 Å². The average Bonchev–Trinajstić information content (AvgIpc) is 3.55. The number of aromatic nitrogens is 5. The maximum absolute atomic E-state index is 13.6. The van der Waals surface area contributed by atoms with Gasteiger partial charge < -0.3 is 26.8 Å². The number of nitrogens with one attached hydrogen (secondary N) is 1. The highest BCUT2D eigenvalue weighted by Gasteiger charge is 2.41. The summed E-state index contributed by atoms with van der Waals surface area (Å²) in [6, 6.07) is 10.3. The number of H-pyrrole nitrogens is 1. The summed E-state index contributed by atoms with van der Waals surface area (Å²) < 4.78 is 50.7. The number of aromatic amines is 1. The van der Waals surface area contributed by atoms with E-state index < -0.39 is 29.4 Å². The Morgan fingerprint density at radius 1 is 1.25 bits per heavy atom. The maximum Gasteiger partial charge on any atom is 0.416 e. The molecular formula is C29H27BrF3N7O4. The van der Waals surface area contributed by atoms with Crippen molar-refractivity contribution in [3.63, 3.8) is 0 Å². The molecule has 1 atom stereocenters. The van der Waals surface area contributed by atoms with Gasteiger partial charge in [-0.2, -0.15) is 18.4 Å². The lowest BCUT2D eigenvalue weighted by Crippen LogP contribution is -3.00. The molecule has 4 aromatic rings. The van der Waals surface area contributed by atoms with E-state index in [2.05, 4.69) is 16.3 Å². The summed E-state index contributed by atoms with van der Waals surface area (Å²) in [5, 5.41) is 25.9. The first-order chi connectivity index (χ1) is 20.5. The Kier molecular flexibility index (Phi) is 9.17. The van der Waals surface area contributed by atoms with Gasteiger partial charge in [0.25, 0.3) is 5.82 Å². The Morgan fingerprint density at radius 2 is 2.00 bits per heavy atom. The third-order valence-corrected chi connectivity index (χ3v) is 7.52. The summed E-state index contributed by atoms with van der Waals surface area (Å²) in [5.41, 5.74) is 0.0907. The Hall–Kier alpha value is -4.68. The summed E-state index contributed by atoms with van der Waals surface area (Å²) in [7, 11) is 2.97. The van der Waals surface area contributed by atoms with Crippen LogP contribution in [-0.4, -0.2) is 37.5 Å². The van der Waals surface area contributed by atoms with Crippen molar-refractivity contribution in [3.8, 4) is 6.07 Å². The number of ether oxygens (including phenoxy) is 1. The molecule has 0 saturated carbocycles. The van der Waals surface area contributed by atoms with E-state index in [-0.39, 0.29) is 46.5 Å². The second-order valence-electron chi connectivity index (χ2n) is 9.93. The first kappa shape index (κ1) is 32.2. The van der Waals surface area contributed by atoms with Crippen molar-refractivity contribution < 1.29 is 49.4 Å². The van der Waals surface area contributed by atoms with Crippen LogP contribution < -0.4 is 32.1 Å². The van der Waals surface area contributed by atoms with Crippen LogP contribution in [0.4, 0.5) is 24.8 Å². The lowest BCUT2D eigenvalue weighted by Gasteiger charge is -2.36. The molecule has 11 nitrogen and oxygen atoms in total. The van der Waals surface area contributed by atoms with Crippen LogP contribution in [0.15, 0.2) is 70.9 Å². The number of anilines is 2. The van der Waals surface area contributed by atoms with Crippen LogP contribution >= 0.6 is 0 Å². The number of aliphatic hydroxyl groups excluding tert-OH is 1. The molecule has 15 heteroatoms. The molecule has 44 heavy (non-hydrogen) atoms. The second-order valence-corrected chi connectivity index (χ2v) is 9.93. The number of aliphatic hydroxyl groups is 1. The van der Waals surface area contributed by atoms with Gasteiger partial charge in [0.1, 0.15) is 25.0 Å². The first-order valence-corrected chi connectivity index (χ1v) is 13.1. The minimum absolute atomic E-state index is 0. The minimum atomic E-state index is -4.63. The van der Waals surface area contributed by atoms with Crippen molar-refractivity contribution in [2.45, 2.75) is 38.7 Å². The molecule has 0 spiro atoms. The summed E-state index contributed by atoms with van der Waals surface area (Å²) in [4.78, 5) is 28.0. The van der Waals surface area contributed by atoms with Crippen molar-refractivity contribution in [3.05, 3.63) is 105 Å². The molecule has 2 N–H and O–H groups in total. The lowest BCUT2D eigenvalue weighted by atomic mass is 9.89. The number of rotatable bonds is 7. The lowest BCUT2D eigenvalue weighted by molar-refractivity contribution is -0.705. The fourth-order valence-electron chi connectivity index (χ4n) is 5.44. The van der Waals surface area contributed by atoms with Crippen LogP contribution in [0, 0.1) is 11.3 Å². The topological polar surface area (TPSA) is 133 Å². The number of esters is 1. The number of alkyl halides is 3. The van der Waals surface area contributed by atoms with E-state index in [1.165, 1.54) is 28.7 Å². The summed E-state index contributed by atoms with van der Waals surface area (Å²) in [6.07, 6.45) is -0.696. The van der Waals surface area contributed by atoms with E-state index in [4.69, 9.17) is 4.74 Å². The van der Waals surface area contributed by atoms with Gasteiger partial charge in [-0.25, -0.2) is 28.4 Å². The van der Waals surface area contributed by atoms with Crippen LogP contribution in [0.5, 0.6) is 0 Å². The molecule has 3 heterocycles. The largest absolute Gasteiger partial charge is 1.00 e. The molecule has 5 rings (SSSR count). The Labute approximate surface area is 259 Å². The third kappa shape index (κ3) is 5.65. The number of hydrogen-bond donors (Lipinski definition) is 2. The minimum Gasteiger partial charge on any atom is -1.00 e. The van der Waals surface area contributed by atoms with Crippen molar-refractivity contribution in [1.82, 2.24) is 19.3 Å². The quantitative estimate of drug-likeness (QED) is 0.209. The third-order valence-electron chi connectivity index (χ3n) is 7.52. The zero-order valence-corrected chi connectivity index (χ0v) is 25.3. The smallest absolute Gasteiger partial charge is 0.416 e. The Morgan fingerprint density at radius 3 is 2.66 bits per heavy atom. The number of fused-ring (bicyclic) bond motifs is 1. The van der Waals surface area contributed by atoms with Gasteiger partial charge in [-0.1, -0.05) is 12.1 Å². The van der Waals surface area contributed by atoms with E-state index in [0.29, 0.717) is 35.5 Å². The number of benzene rings is 2. The number of methoxy groups -OCH3 is 1. The van der Waals surface area contributed by atoms with Gasteiger partial charge in [-0.3, -0.25) is 4.90 Å². The SMILES string of the molecule is COC(=O)C1=C(C)N(c2cccc(C(F)(F)F)c2)c2n[nH]c(=O)n2[C@@H]1c1ccc(C#N)cc1CC[n+]1ccn(C)c1CO.[Br-]. The van der Waals surface area contributed by atoms with Gasteiger partial charge >= 0.3 is 17.8 Å². The van der Waals surface area contributed by atoms with Gasteiger partial charge in [0.2, 0.25) is 5.95 Å². The monoisotopic (exact) mass is 673 g/mol. The number of halogens is 4. The van der Waals surface area contributed by atoms with Crippen LogP contribution in [0.1, 0.15) is 41.0 Å². The number of aryl methyl sites for hydroxylation is 3. The molecule has 1 aliphatic rings. The van der Waals surface area contributed by atoms with Crippen LogP contribution in [-0.2, 0) is 42.3 Å². The number of nitriles is 1. The zero-order chi connectivity index (χ0) is 31.1. The van der Waals surface area contributed by atoms with Crippen molar-refractivity contribution in [1.29, 1.82) is 5.26 Å². The molecule has 0 amide bonds. The molecule has 0 saturated heterocycles. The van der Waals surface area contributed by atoms with Gasteiger partial charge in [0, 0.05) is 17.8 Å². The first-order valence-electron chi connectivity index (χ1n) is 13.1. The molecule has 0 unspecified atom stereocenters. The Balaban J connectivity index is 0.00000442. The molecule has 0 fully saturated rings. The number of nitrogens with zero attached hydrogens (tertiary/aromatic N) is 6. The highest BCUT2D eigenvalue weighted by Crippen LogP contribution is 2.43. The molecule has 0 bridgehead atoms. The number of carbonyl (C=O) groups is 1. The summed E-state index contributed by atoms with van der Waals surface area (Å²) >= 11 is 0. The Bertz CT molecular complexity index is 1850. The van der Waals surface area contributed by atoms with E-state index in [1.807, 2.05) is 4.57 Å². The van der Waals surface area contributed by atoms with Crippen molar-refractivity contribution >= 4 is 17.6 Å². The van der Waals surface area contributed by atoms with Gasteiger partial charge in [0.05, 0.1) is 43.5 Å². The predicted octanol–water partition coefficient (Wildman–Crippen LogP) is 0.0150. The van der Waals surface area contributed by atoms with E-state index in [1.54, 1.807) is 49.1 Å². The molecule has 0 aliphatic carbocycles. The fourth-order valence-corrected chi connectivity index (χ4v) is 5.44. The van der Waals surface area contributed by atoms with Crippen LogP contribution in [0.2, 0.25) is 0 Å².